The number of ketones is 2. The lowest BCUT2D eigenvalue weighted by atomic mass is 9.77. The van der Waals surface area contributed by atoms with E-state index < -0.39 is 51.8 Å². The summed E-state index contributed by atoms with van der Waals surface area (Å²) in [6.45, 7) is 0. The van der Waals surface area contributed by atoms with Crippen molar-refractivity contribution in [3.63, 3.8) is 0 Å². The highest BCUT2D eigenvalue weighted by molar-refractivity contribution is 6.37. The number of carbonyl (C=O) groups excluding carboxylic acids is 4. The lowest BCUT2D eigenvalue weighted by Crippen LogP contribution is -2.51. The molecule has 0 radical (unpaired) electrons. The summed E-state index contributed by atoms with van der Waals surface area (Å²) < 4.78 is 6.19. The van der Waals surface area contributed by atoms with Crippen LogP contribution in [0.1, 0.15) is 32.4 Å². The quantitative estimate of drug-likeness (QED) is 0.230. The summed E-state index contributed by atoms with van der Waals surface area (Å²) in [5, 5.41) is 11.3. The summed E-state index contributed by atoms with van der Waals surface area (Å²) in [6, 6.07) is 17.6. The number of hydrogen-bond donors (Lipinski definition) is 0. The monoisotopic (exact) mass is 502 g/mol. The first-order chi connectivity index (χ1) is 17.3. The fourth-order valence-electron chi connectivity index (χ4n) is 5.48. The molecule has 2 aliphatic heterocycles. The van der Waals surface area contributed by atoms with Gasteiger partial charge in [0.25, 0.3) is 5.69 Å². The summed E-state index contributed by atoms with van der Waals surface area (Å²) in [4.78, 5) is 66.4. The van der Waals surface area contributed by atoms with Crippen LogP contribution in [-0.4, -0.2) is 33.9 Å². The highest BCUT2D eigenvalue weighted by atomic mass is 35.5. The summed E-state index contributed by atoms with van der Waals surface area (Å²) in [5.74, 6) is -5.48. The highest BCUT2D eigenvalue weighted by Crippen LogP contribution is 2.58. The maximum Gasteiger partial charge on any atom is 0.269 e. The van der Waals surface area contributed by atoms with Crippen molar-refractivity contribution < 1.29 is 28.8 Å². The fourth-order valence-corrected chi connectivity index (χ4v) is 5.73. The van der Waals surface area contributed by atoms with Gasteiger partial charge in [0.1, 0.15) is 0 Å². The van der Waals surface area contributed by atoms with Crippen molar-refractivity contribution in [3.8, 4) is 0 Å². The van der Waals surface area contributed by atoms with Gasteiger partial charge < -0.3 is 4.74 Å². The number of nitro benzene ring substituents is 1. The van der Waals surface area contributed by atoms with Gasteiger partial charge in [0, 0.05) is 33.8 Å². The van der Waals surface area contributed by atoms with Crippen molar-refractivity contribution in [1.82, 2.24) is 0 Å². The third-order valence-electron chi connectivity index (χ3n) is 7.05. The van der Waals surface area contributed by atoms with Gasteiger partial charge in [-0.3, -0.25) is 29.3 Å². The molecule has 2 saturated heterocycles. The summed E-state index contributed by atoms with van der Waals surface area (Å²) in [5.41, 5.74) is -1.74. The standard InChI is InChI=1S/C26H15ClN2O7/c27-18-8-4-3-7-17(18)21-19-20(26(36-21)22(30)15-5-1-2-6-16(15)23(26)31)25(33)28(24(19)32)13-9-11-14(12-10-13)29(34)35/h1-12,19-21H/t19-,20-,21+/m0/s1. The first-order valence-electron chi connectivity index (χ1n) is 11.0. The molecule has 9 nitrogen and oxygen atoms in total. The Kier molecular flexibility index (Phi) is 4.73. The largest absolute Gasteiger partial charge is 0.349 e. The second-order valence-electron chi connectivity index (χ2n) is 8.79. The van der Waals surface area contributed by atoms with Gasteiger partial charge in [0.05, 0.1) is 28.6 Å². The van der Waals surface area contributed by atoms with Crippen molar-refractivity contribution in [1.29, 1.82) is 0 Å². The number of anilines is 1. The van der Waals surface area contributed by atoms with Crippen molar-refractivity contribution in [2.24, 2.45) is 11.8 Å². The minimum atomic E-state index is -2.22. The van der Waals surface area contributed by atoms with E-state index in [1.807, 2.05) is 0 Å². The van der Waals surface area contributed by atoms with Crippen LogP contribution >= 0.6 is 11.6 Å². The number of carbonyl (C=O) groups is 4. The zero-order chi connectivity index (χ0) is 25.4. The Labute approximate surface area is 208 Å². The van der Waals surface area contributed by atoms with Crippen LogP contribution in [0.2, 0.25) is 5.02 Å². The molecule has 178 valence electrons. The Balaban J connectivity index is 1.53. The van der Waals surface area contributed by atoms with Crippen LogP contribution in [0.15, 0.2) is 72.8 Å². The van der Waals surface area contributed by atoms with Crippen LogP contribution < -0.4 is 4.90 Å². The van der Waals surface area contributed by atoms with Gasteiger partial charge in [0.2, 0.25) is 29.0 Å². The molecule has 1 aliphatic carbocycles. The van der Waals surface area contributed by atoms with Gasteiger partial charge >= 0.3 is 0 Å². The Morgan fingerprint density at radius 3 is 2.00 bits per heavy atom. The maximum atomic E-state index is 13.8. The Bertz CT molecular complexity index is 1480. The Morgan fingerprint density at radius 2 is 1.42 bits per heavy atom. The van der Waals surface area contributed by atoms with Crippen molar-refractivity contribution in [2.45, 2.75) is 11.7 Å². The number of amides is 2. The summed E-state index contributed by atoms with van der Waals surface area (Å²) in [7, 11) is 0. The first kappa shape index (κ1) is 22.3. The minimum absolute atomic E-state index is 0.0912. The number of halogens is 1. The van der Waals surface area contributed by atoms with Gasteiger partial charge in [-0.1, -0.05) is 54.1 Å². The van der Waals surface area contributed by atoms with Gasteiger partial charge in [-0.25, -0.2) is 4.90 Å². The van der Waals surface area contributed by atoms with Crippen LogP contribution in [0.25, 0.3) is 0 Å². The molecule has 2 heterocycles. The first-order valence-corrected chi connectivity index (χ1v) is 11.4. The molecule has 0 bridgehead atoms. The molecule has 1 spiro atoms. The van der Waals surface area contributed by atoms with E-state index in [1.165, 1.54) is 36.4 Å². The Morgan fingerprint density at radius 1 is 0.833 bits per heavy atom. The van der Waals surface area contributed by atoms with Crippen molar-refractivity contribution >= 4 is 46.4 Å². The number of rotatable bonds is 3. The van der Waals surface area contributed by atoms with Crippen LogP contribution in [0, 0.1) is 22.0 Å². The average Bonchev–Trinajstić information content (AvgIpc) is 3.44. The lowest BCUT2D eigenvalue weighted by molar-refractivity contribution is -0.384. The Hall–Kier alpha value is -4.21. The average molecular weight is 503 g/mol. The normalized spacial score (nSPS) is 23.9. The number of nitro groups is 1. The minimum Gasteiger partial charge on any atom is -0.349 e. The SMILES string of the molecule is O=C1[C@@H]2[C@@H](c3ccccc3Cl)OC3(C(=O)c4ccccc4C3=O)[C@@H]2C(=O)N1c1ccc([N+](=O)[O-])cc1. The van der Waals surface area contributed by atoms with Crippen LogP contribution in [0.4, 0.5) is 11.4 Å². The van der Waals surface area contributed by atoms with E-state index in [4.69, 9.17) is 16.3 Å². The number of fused-ring (bicyclic) bond motifs is 3. The topological polar surface area (TPSA) is 124 Å². The third kappa shape index (κ3) is 2.75. The van der Waals surface area contributed by atoms with Crippen LogP contribution in [0.5, 0.6) is 0 Å². The number of hydrogen-bond acceptors (Lipinski definition) is 7. The van der Waals surface area contributed by atoms with Crippen molar-refractivity contribution in [2.75, 3.05) is 4.90 Å². The van der Waals surface area contributed by atoms with Crippen LogP contribution in [-0.2, 0) is 14.3 Å². The molecule has 0 unspecified atom stereocenters. The van der Waals surface area contributed by atoms with Gasteiger partial charge in [-0.05, 0) is 18.2 Å². The molecule has 10 heteroatoms. The van der Waals surface area contributed by atoms with E-state index in [2.05, 4.69) is 0 Å². The van der Waals surface area contributed by atoms with Crippen LogP contribution in [0.3, 0.4) is 0 Å². The number of ether oxygens (including phenoxy) is 1. The predicted octanol–water partition coefficient (Wildman–Crippen LogP) is 3.94. The number of imide groups is 1. The molecule has 0 N–H and O–H groups in total. The molecular formula is C26H15ClN2O7. The van der Waals surface area contributed by atoms with E-state index in [0.717, 1.165) is 4.90 Å². The molecule has 0 saturated carbocycles. The number of nitrogens with zero attached hydrogens (tertiary/aromatic N) is 2. The van der Waals surface area contributed by atoms with E-state index in [0.29, 0.717) is 5.56 Å². The van der Waals surface area contributed by atoms with Crippen molar-refractivity contribution in [3.05, 3.63) is 105 Å². The van der Waals surface area contributed by atoms with E-state index >= 15 is 0 Å². The third-order valence-corrected chi connectivity index (χ3v) is 7.39. The molecule has 3 aromatic rings. The number of Topliss-reactive ketones (excluding diaryl/α,β-unsaturated/α-hetero) is 2. The second kappa shape index (κ2) is 7.64. The molecule has 3 aliphatic rings. The molecular weight excluding hydrogens is 488 g/mol. The smallest absolute Gasteiger partial charge is 0.269 e. The fraction of sp³-hybridized carbons (Fsp3) is 0.154. The van der Waals surface area contributed by atoms with E-state index in [-0.39, 0.29) is 27.5 Å². The molecule has 36 heavy (non-hydrogen) atoms. The molecule has 6 rings (SSSR count). The lowest BCUT2D eigenvalue weighted by Gasteiger charge is -2.27. The molecule has 2 fully saturated rings. The van der Waals surface area contributed by atoms with Gasteiger partial charge in [-0.15, -0.1) is 0 Å². The van der Waals surface area contributed by atoms with Gasteiger partial charge in [0.15, 0.2) is 0 Å². The van der Waals surface area contributed by atoms with Gasteiger partial charge in [-0.2, -0.15) is 0 Å². The van der Waals surface area contributed by atoms with E-state index in [9.17, 15) is 29.3 Å². The molecule has 2 amide bonds. The summed E-state index contributed by atoms with van der Waals surface area (Å²) >= 11 is 6.41. The molecule has 3 atom stereocenters. The zero-order valence-electron chi connectivity index (χ0n) is 18.3. The maximum absolute atomic E-state index is 13.8. The number of non-ortho nitro benzene ring substituents is 1. The molecule has 3 aromatic carbocycles. The summed E-state index contributed by atoms with van der Waals surface area (Å²) in [6.07, 6.45) is -1.15. The molecule has 0 aromatic heterocycles. The highest BCUT2D eigenvalue weighted by Gasteiger charge is 2.74. The van der Waals surface area contributed by atoms with E-state index in [1.54, 1.807) is 36.4 Å². The number of benzene rings is 3. The predicted molar refractivity (Wildman–Crippen MR) is 126 cm³/mol. The zero-order valence-corrected chi connectivity index (χ0v) is 19.0. The second-order valence-corrected chi connectivity index (χ2v) is 9.20.